The number of Topliss-reactive ketones (excluding diaryl/α,β-unsaturated/α-hetero) is 1. The number of fused-ring (bicyclic) bond motifs is 1. The molecule has 0 atom stereocenters. The van der Waals surface area contributed by atoms with Gasteiger partial charge in [-0.2, -0.15) is 0 Å². The molecule has 0 aliphatic carbocycles. The zero-order valence-corrected chi connectivity index (χ0v) is 11.6. The van der Waals surface area contributed by atoms with Crippen molar-refractivity contribution in [3.05, 3.63) is 65.7 Å². The number of nitrogens with zero attached hydrogens (tertiary/aromatic N) is 1. The minimum absolute atomic E-state index is 0.197. The van der Waals surface area contributed by atoms with Crippen LogP contribution in [-0.2, 0) is 6.42 Å². The summed E-state index contributed by atoms with van der Waals surface area (Å²) in [5.74, 6) is 0.197. The maximum Gasteiger partial charge on any atom is 0.182 e. The lowest BCUT2D eigenvalue weighted by atomic mass is 10.1. The van der Waals surface area contributed by atoms with Gasteiger partial charge in [0.15, 0.2) is 5.78 Å². The third kappa shape index (κ3) is 2.74. The van der Waals surface area contributed by atoms with Gasteiger partial charge in [0.05, 0.1) is 6.54 Å². The number of rotatable bonds is 3. The molecule has 20 heavy (non-hydrogen) atoms. The van der Waals surface area contributed by atoms with Crippen LogP contribution in [0.15, 0.2) is 54.6 Å². The molecule has 0 bridgehead atoms. The fourth-order valence-corrected chi connectivity index (χ4v) is 2.82. The first-order chi connectivity index (χ1) is 9.84. The van der Waals surface area contributed by atoms with E-state index in [1.165, 1.54) is 17.7 Å². The largest absolute Gasteiger partial charge is 0.364 e. The second-order valence-electron chi connectivity index (χ2n) is 5.30. The zero-order valence-electron chi connectivity index (χ0n) is 11.6. The molecule has 0 saturated heterocycles. The molecule has 0 spiro atoms. The van der Waals surface area contributed by atoms with Crippen LogP contribution >= 0.6 is 0 Å². The molecule has 0 saturated carbocycles. The van der Waals surface area contributed by atoms with Crippen molar-refractivity contribution >= 4 is 11.5 Å². The third-order valence-electron chi connectivity index (χ3n) is 3.89. The van der Waals surface area contributed by atoms with Crippen LogP contribution < -0.4 is 4.90 Å². The van der Waals surface area contributed by atoms with Crippen molar-refractivity contribution in [2.45, 2.75) is 19.3 Å². The predicted molar refractivity (Wildman–Crippen MR) is 82.4 cm³/mol. The first-order valence-corrected chi connectivity index (χ1v) is 7.26. The zero-order chi connectivity index (χ0) is 13.8. The number of aryl methyl sites for hydroxylation is 1. The second-order valence-corrected chi connectivity index (χ2v) is 5.30. The highest BCUT2D eigenvalue weighted by atomic mass is 16.1. The van der Waals surface area contributed by atoms with Gasteiger partial charge in [-0.15, -0.1) is 0 Å². The van der Waals surface area contributed by atoms with Gasteiger partial charge in [-0.1, -0.05) is 48.5 Å². The molecule has 0 amide bonds. The minimum Gasteiger partial charge on any atom is -0.364 e. The first-order valence-electron chi connectivity index (χ1n) is 7.26. The van der Waals surface area contributed by atoms with Crippen LogP contribution in [0, 0.1) is 0 Å². The molecule has 2 aromatic rings. The summed E-state index contributed by atoms with van der Waals surface area (Å²) in [7, 11) is 0. The molecule has 0 aromatic heterocycles. The van der Waals surface area contributed by atoms with E-state index < -0.39 is 0 Å². The van der Waals surface area contributed by atoms with Gasteiger partial charge in [-0.3, -0.25) is 4.79 Å². The summed E-state index contributed by atoms with van der Waals surface area (Å²) >= 11 is 0. The van der Waals surface area contributed by atoms with Gasteiger partial charge < -0.3 is 4.90 Å². The van der Waals surface area contributed by atoms with Crippen LogP contribution in [0.25, 0.3) is 0 Å². The van der Waals surface area contributed by atoms with Crippen molar-refractivity contribution in [1.29, 1.82) is 0 Å². The number of para-hydroxylation sites is 1. The van der Waals surface area contributed by atoms with E-state index in [-0.39, 0.29) is 5.78 Å². The molecule has 1 heterocycles. The van der Waals surface area contributed by atoms with E-state index in [9.17, 15) is 4.79 Å². The van der Waals surface area contributed by atoms with Crippen LogP contribution in [-0.4, -0.2) is 18.9 Å². The summed E-state index contributed by atoms with van der Waals surface area (Å²) in [5.41, 5.74) is 3.40. The maximum absolute atomic E-state index is 12.4. The van der Waals surface area contributed by atoms with E-state index in [0.717, 1.165) is 24.9 Å². The Kier molecular flexibility index (Phi) is 3.82. The summed E-state index contributed by atoms with van der Waals surface area (Å²) in [6.45, 7) is 1.44. The monoisotopic (exact) mass is 265 g/mol. The number of anilines is 1. The number of hydrogen-bond donors (Lipinski definition) is 0. The van der Waals surface area contributed by atoms with Crippen molar-refractivity contribution in [2.24, 2.45) is 0 Å². The topological polar surface area (TPSA) is 20.3 Å². The summed E-state index contributed by atoms with van der Waals surface area (Å²) < 4.78 is 0. The SMILES string of the molecule is O=C(CN1CCCCc2ccccc21)c1ccccc1. The van der Waals surface area contributed by atoms with Gasteiger partial charge in [0, 0.05) is 17.8 Å². The van der Waals surface area contributed by atoms with Crippen molar-refractivity contribution in [1.82, 2.24) is 0 Å². The standard InChI is InChI=1S/C18H19NO/c20-18(16-10-2-1-3-11-16)14-19-13-7-6-9-15-8-4-5-12-17(15)19/h1-5,8,10-12H,6-7,9,13-14H2. The molecule has 1 aliphatic heterocycles. The lowest BCUT2D eigenvalue weighted by Crippen LogP contribution is -2.30. The van der Waals surface area contributed by atoms with Crippen molar-refractivity contribution in [2.75, 3.05) is 18.0 Å². The quantitative estimate of drug-likeness (QED) is 0.788. The molecule has 3 rings (SSSR count). The van der Waals surface area contributed by atoms with E-state index in [1.54, 1.807) is 0 Å². The van der Waals surface area contributed by atoms with E-state index in [0.29, 0.717) is 6.54 Å². The maximum atomic E-state index is 12.4. The average Bonchev–Trinajstić information content (AvgIpc) is 2.71. The number of ketones is 1. The molecule has 0 radical (unpaired) electrons. The number of carbonyl (C=O) groups is 1. The molecule has 2 heteroatoms. The van der Waals surface area contributed by atoms with E-state index >= 15 is 0 Å². The van der Waals surface area contributed by atoms with Crippen LogP contribution in [0.1, 0.15) is 28.8 Å². The molecule has 0 N–H and O–H groups in total. The Morgan fingerprint density at radius 1 is 0.950 bits per heavy atom. The lowest BCUT2D eigenvalue weighted by molar-refractivity contribution is 0.0999. The third-order valence-corrected chi connectivity index (χ3v) is 3.89. The predicted octanol–water partition coefficient (Wildman–Crippen LogP) is 3.71. The second kappa shape index (κ2) is 5.91. The van der Waals surface area contributed by atoms with Gasteiger partial charge in [-0.05, 0) is 30.9 Å². The summed E-state index contributed by atoms with van der Waals surface area (Å²) in [6.07, 6.45) is 3.47. The highest BCUT2D eigenvalue weighted by Gasteiger charge is 2.17. The summed E-state index contributed by atoms with van der Waals surface area (Å²) in [6, 6.07) is 18.0. The van der Waals surface area contributed by atoms with Crippen LogP contribution in [0.5, 0.6) is 0 Å². The van der Waals surface area contributed by atoms with Gasteiger partial charge in [0.1, 0.15) is 0 Å². The lowest BCUT2D eigenvalue weighted by Gasteiger charge is -2.24. The average molecular weight is 265 g/mol. The summed E-state index contributed by atoms with van der Waals surface area (Å²) in [5, 5.41) is 0. The van der Waals surface area contributed by atoms with Crippen molar-refractivity contribution in [3.8, 4) is 0 Å². The molecular formula is C18H19NO. The Hall–Kier alpha value is -2.09. The van der Waals surface area contributed by atoms with Crippen molar-refractivity contribution < 1.29 is 4.79 Å². The summed E-state index contributed by atoms with van der Waals surface area (Å²) in [4.78, 5) is 14.6. The van der Waals surface area contributed by atoms with Gasteiger partial charge in [0.2, 0.25) is 0 Å². The normalized spacial score (nSPS) is 14.5. The van der Waals surface area contributed by atoms with E-state index in [2.05, 4.69) is 29.2 Å². The molecule has 2 nitrogen and oxygen atoms in total. The molecule has 102 valence electrons. The number of benzene rings is 2. The Morgan fingerprint density at radius 3 is 2.55 bits per heavy atom. The highest BCUT2D eigenvalue weighted by Crippen LogP contribution is 2.26. The fourth-order valence-electron chi connectivity index (χ4n) is 2.82. The Morgan fingerprint density at radius 2 is 1.70 bits per heavy atom. The van der Waals surface area contributed by atoms with Crippen LogP contribution in [0.4, 0.5) is 5.69 Å². The Labute approximate surface area is 120 Å². The smallest absolute Gasteiger partial charge is 0.182 e. The van der Waals surface area contributed by atoms with Crippen molar-refractivity contribution in [3.63, 3.8) is 0 Å². The van der Waals surface area contributed by atoms with E-state index in [1.807, 2.05) is 30.3 Å². The van der Waals surface area contributed by atoms with Crippen LogP contribution in [0.2, 0.25) is 0 Å². The molecule has 1 aliphatic rings. The molecule has 0 fully saturated rings. The van der Waals surface area contributed by atoms with E-state index in [4.69, 9.17) is 0 Å². The van der Waals surface area contributed by atoms with Gasteiger partial charge in [-0.25, -0.2) is 0 Å². The Balaban J connectivity index is 1.82. The fraction of sp³-hybridized carbons (Fsp3) is 0.278. The van der Waals surface area contributed by atoms with Gasteiger partial charge >= 0.3 is 0 Å². The highest BCUT2D eigenvalue weighted by molar-refractivity contribution is 5.99. The molecule has 2 aromatic carbocycles. The number of hydrogen-bond acceptors (Lipinski definition) is 2. The number of carbonyl (C=O) groups excluding carboxylic acids is 1. The van der Waals surface area contributed by atoms with Gasteiger partial charge in [0.25, 0.3) is 0 Å². The molecular weight excluding hydrogens is 246 g/mol. The minimum atomic E-state index is 0.197. The first kappa shape index (κ1) is 12.9. The van der Waals surface area contributed by atoms with Crippen LogP contribution in [0.3, 0.4) is 0 Å². The Bertz CT molecular complexity index is 591. The molecule has 0 unspecified atom stereocenters.